The Morgan fingerprint density at radius 3 is 2.53 bits per heavy atom. The van der Waals surface area contributed by atoms with Crippen LogP contribution in [-0.2, 0) is 13.1 Å². The number of benzene rings is 1. The summed E-state index contributed by atoms with van der Waals surface area (Å²) in [4.78, 5) is 8.89. The van der Waals surface area contributed by atoms with Gasteiger partial charge in [0.25, 0.3) is 0 Å². The van der Waals surface area contributed by atoms with Crippen molar-refractivity contribution in [2.45, 2.75) is 46.6 Å². The van der Waals surface area contributed by atoms with Crippen molar-refractivity contribution in [2.75, 3.05) is 13.1 Å². The number of imidazole rings is 1. The third kappa shape index (κ3) is 8.82. The Labute approximate surface area is 193 Å². The van der Waals surface area contributed by atoms with E-state index in [-0.39, 0.29) is 36.3 Å². The van der Waals surface area contributed by atoms with Gasteiger partial charge in [-0.25, -0.2) is 9.98 Å². The molecule has 2 rings (SSSR count). The van der Waals surface area contributed by atoms with Crippen molar-refractivity contribution in [3.05, 3.63) is 48.0 Å². The summed E-state index contributed by atoms with van der Waals surface area (Å²) >= 11 is 0. The van der Waals surface area contributed by atoms with Gasteiger partial charge in [-0.15, -0.1) is 24.0 Å². The number of guanidine groups is 1. The average molecular weight is 537 g/mol. The Morgan fingerprint density at radius 2 is 1.93 bits per heavy atom. The number of nitrogens with one attached hydrogen (secondary N) is 2. The fourth-order valence-electron chi connectivity index (χ4n) is 2.73. The van der Waals surface area contributed by atoms with Crippen LogP contribution in [0.25, 0.3) is 0 Å². The zero-order chi connectivity index (χ0) is 21.2. The lowest BCUT2D eigenvalue weighted by atomic mass is 10.1. The summed E-state index contributed by atoms with van der Waals surface area (Å²) in [6.07, 6.45) is 2.87. The molecule has 30 heavy (non-hydrogen) atoms. The molecule has 0 aliphatic rings. The molecule has 0 bridgehead atoms. The monoisotopic (exact) mass is 537 g/mol. The number of aliphatic hydroxyl groups is 1. The number of ether oxygens (including phenoxy) is 1. The van der Waals surface area contributed by atoms with Crippen LogP contribution in [-0.4, -0.2) is 40.3 Å². The standard InChI is InChI=1S/C20H29F2N5O2.HI/c1-4-23-20(26-12-18-24-9-10-27(18)13-14(2)3)25-11-17(28)15-5-7-16(8-6-15)29-19(21)22;/h5-10,14,17,19,28H,4,11-13H2,1-3H3,(H2,23,25,26);1H. The number of hydrogen-bond donors (Lipinski definition) is 3. The number of aromatic nitrogens is 2. The molecule has 0 saturated heterocycles. The summed E-state index contributed by atoms with van der Waals surface area (Å²) in [5.41, 5.74) is 0.586. The van der Waals surface area contributed by atoms with E-state index in [1.54, 1.807) is 18.3 Å². The Balaban J connectivity index is 0.00000450. The Hall–Kier alpha value is -1.95. The van der Waals surface area contributed by atoms with E-state index in [2.05, 4.69) is 43.8 Å². The number of nitrogens with zero attached hydrogens (tertiary/aromatic N) is 3. The molecule has 0 radical (unpaired) electrons. The van der Waals surface area contributed by atoms with Crippen LogP contribution in [0.1, 0.15) is 38.3 Å². The summed E-state index contributed by atoms with van der Waals surface area (Å²) < 4.78 is 30.8. The molecule has 1 heterocycles. The van der Waals surface area contributed by atoms with E-state index in [0.717, 1.165) is 12.4 Å². The number of hydrogen-bond acceptors (Lipinski definition) is 4. The van der Waals surface area contributed by atoms with E-state index >= 15 is 0 Å². The molecule has 0 saturated carbocycles. The van der Waals surface area contributed by atoms with Gasteiger partial charge in [0.1, 0.15) is 18.1 Å². The molecular weight excluding hydrogens is 507 g/mol. The van der Waals surface area contributed by atoms with Crippen molar-refractivity contribution in [2.24, 2.45) is 10.9 Å². The SMILES string of the molecule is CCNC(=NCc1nccn1CC(C)C)NCC(O)c1ccc(OC(F)F)cc1.I. The summed E-state index contributed by atoms with van der Waals surface area (Å²) in [5, 5.41) is 16.6. The number of rotatable bonds is 10. The van der Waals surface area contributed by atoms with Gasteiger partial charge in [0.05, 0.1) is 6.10 Å². The first-order valence-corrected chi connectivity index (χ1v) is 9.64. The average Bonchev–Trinajstić information content (AvgIpc) is 3.10. The Bertz CT molecular complexity index is 769. The second-order valence-electron chi connectivity index (χ2n) is 6.93. The van der Waals surface area contributed by atoms with Crippen LogP contribution in [0.4, 0.5) is 8.78 Å². The molecule has 3 N–H and O–H groups in total. The second kappa shape index (κ2) is 13.4. The molecule has 168 valence electrons. The van der Waals surface area contributed by atoms with Crippen LogP contribution in [0.15, 0.2) is 41.7 Å². The van der Waals surface area contributed by atoms with Gasteiger partial charge in [-0.3, -0.25) is 0 Å². The third-order valence-electron chi connectivity index (χ3n) is 4.04. The highest BCUT2D eigenvalue weighted by Gasteiger charge is 2.11. The van der Waals surface area contributed by atoms with Crippen LogP contribution < -0.4 is 15.4 Å². The highest BCUT2D eigenvalue weighted by molar-refractivity contribution is 14.0. The summed E-state index contributed by atoms with van der Waals surface area (Å²) in [6.45, 7) is 5.53. The molecule has 1 atom stereocenters. The molecule has 2 aromatic rings. The Kier molecular flexibility index (Phi) is 11.6. The van der Waals surface area contributed by atoms with Crippen LogP contribution in [0.3, 0.4) is 0 Å². The number of aliphatic hydroxyl groups excluding tert-OH is 1. The minimum Gasteiger partial charge on any atom is -0.435 e. The normalized spacial score (nSPS) is 12.6. The highest BCUT2D eigenvalue weighted by Crippen LogP contribution is 2.19. The maximum Gasteiger partial charge on any atom is 0.387 e. The van der Waals surface area contributed by atoms with E-state index in [4.69, 9.17) is 0 Å². The molecule has 10 heteroatoms. The van der Waals surface area contributed by atoms with Gasteiger partial charge in [0.15, 0.2) is 5.96 Å². The van der Waals surface area contributed by atoms with Gasteiger partial charge in [-0.2, -0.15) is 8.78 Å². The van der Waals surface area contributed by atoms with E-state index in [1.807, 2.05) is 13.1 Å². The maximum atomic E-state index is 12.2. The fourth-order valence-corrected chi connectivity index (χ4v) is 2.73. The van der Waals surface area contributed by atoms with Gasteiger partial charge in [-0.05, 0) is 30.5 Å². The van der Waals surface area contributed by atoms with Gasteiger partial charge < -0.3 is 25.0 Å². The first kappa shape index (κ1) is 26.1. The van der Waals surface area contributed by atoms with E-state index < -0.39 is 12.7 Å². The smallest absolute Gasteiger partial charge is 0.387 e. The molecule has 0 spiro atoms. The van der Waals surface area contributed by atoms with E-state index in [0.29, 0.717) is 30.5 Å². The minimum atomic E-state index is -2.87. The quantitative estimate of drug-likeness (QED) is 0.246. The van der Waals surface area contributed by atoms with Crippen molar-refractivity contribution in [3.63, 3.8) is 0 Å². The van der Waals surface area contributed by atoms with Crippen molar-refractivity contribution < 1.29 is 18.6 Å². The van der Waals surface area contributed by atoms with Crippen molar-refractivity contribution in [1.29, 1.82) is 0 Å². The van der Waals surface area contributed by atoms with E-state index in [9.17, 15) is 13.9 Å². The lowest BCUT2D eigenvalue weighted by Crippen LogP contribution is -2.39. The first-order chi connectivity index (χ1) is 13.9. The topological polar surface area (TPSA) is 83.7 Å². The van der Waals surface area contributed by atoms with Gasteiger partial charge in [0.2, 0.25) is 0 Å². The third-order valence-corrected chi connectivity index (χ3v) is 4.04. The van der Waals surface area contributed by atoms with Gasteiger partial charge in [-0.1, -0.05) is 26.0 Å². The Morgan fingerprint density at radius 1 is 1.23 bits per heavy atom. The van der Waals surface area contributed by atoms with Gasteiger partial charge in [0, 0.05) is 32.0 Å². The molecule has 1 aromatic carbocycles. The maximum absolute atomic E-state index is 12.2. The molecule has 1 unspecified atom stereocenters. The van der Waals surface area contributed by atoms with Crippen LogP contribution in [0.5, 0.6) is 5.75 Å². The van der Waals surface area contributed by atoms with Gasteiger partial charge >= 0.3 is 6.61 Å². The number of alkyl halides is 2. The lowest BCUT2D eigenvalue weighted by Gasteiger charge is -2.16. The minimum absolute atomic E-state index is 0. The molecule has 7 nitrogen and oxygen atoms in total. The molecule has 0 amide bonds. The van der Waals surface area contributed by atoms with Crippen LogP contribution in [0, 0.1) is 5.92 Å². The summed E-state index contributed by atoms with van der Waals surface area (Å²) in [6, 6.07) is 5.91. The van der Waals surface area contributed by atoms with Crippen LogP contribution in [0.2, 0.25) is 0 Å². The molecule has 1 aromatic heterocycles. The zero-order valence-corrected chi connectivity index (χ0v) is 19.7. The van der Waals surface area contributed by atoms with Crippen molar-refractivity contribution >= 4 is 29.9 Å². The summed E-state index contributed by atoms with van der Waals surface area (Å²) in [5.74, 6) is 1.98. The zero-order valence-electron chi connectivity index (χ0n) is 17.4. The largest absolute Gasteiger partial charge is 0.435 e. The lowest BCUT2D eigenvalue weighted by molar-refractivity contribution is -0.0498. The number of halogens is 3. The molecule has 0 fully saturated rings. The molecule has 0 aliphatic heterocycles. The van der Waals surface area contributed by atoms with Crippen LogP contribution >= 0.6 is 24.0 Å². The van der Waals surface area contributed by atoms with Crippen molar-refractivity contribution in [3.8, 4) is 5.75 Å². The number of aliphatic imine (C=N–C) groups is 1. The predicted molar refractivity (Wildman–Crippen MR) is 123 cm³/mol. The fraction of sp³-hybridized carbons (Fsp3) is 0.500. The predicted octanol–water partition coefficient (Wildman–Crippen LogP) is 3.55. The first-order valence-electron chi connectivity index (χ1n) is 9.64. The summed E-state index contributed by atoms with van der Waals surface area (Å²) in [7, 11) is 0. The van der Waals surface area contributed by atoms with Crippen molar-refractivity contribution in [1.82, 2.24) is 20.2 Å². The second-order valence-corrected chi connectivity index (χ2v) is 6.93. The van der Waals surface area contributed by atoms with E-state index in [1.165, 1.54) is 12.1 Å². The highest BCUT2D eigenvalue weighted by atomic mass is 127. The molecule has 0 aliphatic carbocycles. The molecular formula is C20H30F2IN5O2.